The maximum absolute atomic E-state index is 13.1. The molecule has 0 bridgehead atoms. The van der Waals surface area contributed by atoms with Gasteiger partial charge in [-0.15, -0.1) is 0 Å². The Labute approximate surface area is 184 Å². The fourth-order valence-corrected chi connectivity index (χ4v) is 3.11. The Hall–Kier alpha value is -3.43. The number of hydrogen-bond acceptors (Lipinski definition) is 5. The largest absolute Gasteiger partial charge is 0.434 e. The molecule has 3 N–H and O–H groups in total. The van der Waals surface area contributed by atoms with Crippen LogP contribution in [0.25, 0.3) is 6.08 Å². The van der Waals surface area contributed by atoms with Crippen LogP contribution in [-0.2, 0) is 11.3 Å². The van der Waals surface area contributed by atoms with E-state index in [-0.39, 0.29) is 47.7 Å². The van der Waals surface area contributed by atoms with Crippen LogP contribution in [0.4, 0.5) is 20.3 Å². The molecule has 0 atom stereocenters. The Bertz CT molecular complexity index is 1090. The fraction of sp³-hybridized carbons (Fsp3) is 0.409. The molecule has 1 amide bonds. The van der Waals surface area contributed by atoms with Crippen molar-refractivity contribution in [1.82, 2.24) is 9.55 Å². The van der Waals surface area contributed by atoms with E-state index in [1.54, 1.807) is 6.07 Å². The van der Waals surface area contributed by atoms with Crippen molar-refractivity contribution >= 4 is 23.5 Å². The second-order valence-electron chi connectivity index (χ2n) is 8.09. The van der Waals surface area contributed by atoms with Gasteiger partial charge in [0.05, 0.1) is 0 Å². The first-order valence-electron chi connectivity index (χ1n) is 10.2. The molecule has 0 fully saturated rings. The maximum Gasteiger partial charge on any atom is 0.387 e. The minimum absolute atomic E-state index is 0.0360. The van der Waals surface area contributed by atoms with Crippen molar-refractivity contribution in [3.63, 3.8) is 0 Å². The third-order valence-corrected chi connectivity index (χ3v) is 4.39. The molecule has 1 aromatic heterocycles. The number of halogens is 2. The summed E-state index contributed by atoms with van der Waals surface area (Å²) in [5, 5.41) is 0. The highest BCUT2D eigenvalue weighted by Crippen LogP contribution is 2.23. The summed E-state index contributed by atoms with van der Waals surface area (Å²) in [4.78, 5) is 41.3. The molecule has 0 unspecified atom stereocenters. The van der Waals surface area contributed by atoms with Gasteiger partial charge in [-0.25, -0.2) is 4.79 Å². The molecule has 0 saturated heterocycles. The first kappa shape index (κ1) is 24.8. The Morgan fingerprint density at radius 2 is 1.84 bits per heavy atom. The summed E-state index contributed by atoms with van der Waals surface area (Å²) >= 11 is 0. The molecule has 0 aliphatic heterocycles. The maximum atomic E-state index is 13.1. The molecule has 2 rings (SSSR count). The number of hydrogen-bond donors (Lipinski definition) is 2. The molecule has 1 aromatic carbocycles. The number of ether oxygens (including phenoxy) is 1. The van der Waals surface area contributed by atoms with Crippen LogP contribution in [0.3, 0.4) is 0 Å². The molecular formula is C22H28F2N4O4. The van der Waals surface area contributed by atoms with E-state index >= 15 is 0 Å². The molecule has 0 saturated carbocycles. The number of nitrogens with zero attached hydrogens (tertiary/aromatic N) is 2. The van der Waals surface area contributed by atoms with Crippen molar-refractivity contribution in [2.24, 2.45) is 11.8 Å². The van der Waals surface area contributed by atoms with E-state index in [1.165, 1.54) is 33.7 Å². The zero-order chi connectivity index (χ0) is 24.0. The smallest absolute Gasteiger partial charge is 0.387 e. The number of aromatic nitrogens is 2. The quantitative estimate of drug-likeness (QED) is 0.571. The molecule has 32 heavy (non-hydrogen) atoms. The Balaban J connectivity index is 2.50. The number of carbonyl (C=O) groups excluding carboxylic acids is 1. The second kappa shape index (κ2) is 10.7. The van der Waals surface area contributed by atoms with E-state index in [4.69, 9.17) is 5.73 Å². The first-order chi connectivity index (χ1) is 15.0. The van der Waals surface area contributed by atoms with Crippen molar-refractivity contribution in [3.05, 3.63) is 56.7 Å². The van der Waals surface area contributed by atoms with E-state index in [1.807, 2.05) is 27.7 Å². The van der Waals surface area contributed by atoms with Crippen molar-refractivity contribution in [1.29, 1.82) is 0 Å². The van der Waals surface area contributed by atoms with Crippen LogP contribution in [-0.4, -0.2) is 28.6 Å². The summed E-state index contributed by atoms with van der Waals surface area (Å²) in [6.45, 7) is 4.86. The van der Waals surface area contributed by atoms with Crippen LogP contribution in [0.5, 0.6) is 5.75 Å². The average molecular weight is 450 g/mol. The SMILES string of the molecule is CC(C)CN(C(=O)/C=C/c1ccccc1OC(F)F)c1c(N)n(CC(C)C)c(=O)[nH]c1=O. The lowest BCUT2D eigenvalue weighted by atomic mass is 10.1. The van der Waals surface area contributed by atoms with Crippen LogP contribution >= 0.6 is 0 Å². The predicted octanol–water partition coefficient (Wildman–Crippen LogP) is 3.08. The molecule has 0 spiro atoms. The number of amides is 1. The number of para-hydroxylation sites is 1. The highest BCUT2D eigenvalue weighted by atomic mass is 19.3. The van der Waals surface area contributed by atoms with Crippen molar-refractivity contribution in [2.45, 2.75) is 40.9 Å². The summed E-state index contributed by atoms with van der Waals surface area (Å²) in [5.74, 6) is -0.779. The molecule has 10 heteroatoms. The number of anilines is 2. The van der Waals surface area contributed by atoms with E-state index in [2.05, 4.69) is 9.72 Å². The van der Waals surface area contributed by atoms with E-state index in [0.29, 0.717) is 0 Å². The van der Waals surface area contributed by atoms with Crippen LogP contribution < -0.4 is 26.6 Å². The monoisotopic (exact) mass is 450 g/mol. The van der Waals surface area contributed by atoms with Gasteiger partial charge in [-0.3, -0.25) is 19.1 Å². The van der Waals surface area contributed by atoms with Gasteiger partial charge in [-0.2, -0.15) is 8.78 Å². The lowest BCUT2D eigenvalue weighted by Crippen LogP contribution is -2.42. The average Bonchev–Trinajstić information content (AvgIpc) is 2.68. The normalized spacial score (nSPS) is 11.7. The molecule has 1 heterocycles. The molecule has 2 aromatic rings. The summed E-state index contributed by atoms with van der Waals surface area (Å²) in [5.41, 5.74) is 4.85. The zero-order valence-electron chi connectivity index (χ0n) is 18.5. The number of rotatable bonds is 9. The minimum atomic E-state index is -3.02. The topological polar surface area (TPSA) is 110 Å². The molecular weight excluding hydrogens is 422 g/mol. The number of aromatic amines is 1. The number of benzene rings is 1. The highest BCUT2D eigenvalue weighted by molar-refractivity contribution is 6.05. The van der Waals surface area contributed by atoms with Gasteiger partial charge in [-0.05, 0) is 24.0 Å². The van der Waals surface area contributed by atoms with Gasteiger partial charge < -0.3 is 15.4 Å². The number of alkyl halides is 2. The van der Waals surface area contributed by atoms with E-state index < -0.39 is 23.8 Å². The van der Waals surface area contributed by atoms with E-state index in [0.717, 1.165) is 6.08 Å². The Kier molecular flexibility index (Phi) is 8.34. The Morgan fingerprint density at radius 3 is 2.44 bits per heavy atom. The summed E-state index contributed by atoms with van der Waals surface area (Å²) in [7, 11) is 0. The van der Waals surface area contributed by atoms with Crippen LogP contribution in [0.15, 0.2) is 39.9 Å². The summed E-state index contributed by atoms with van der Waals surface area (Å²) < 4.78 is 31.0. The Morgan fingerprint density at radius 1 is 1.19 bits per heavy atom. The first-order valence-corrected chi connectivity index (χ1v) is 10.2. The number of nitrogen functional groups attached to an aromatic ring is 1. The summed E-state index contributed by atoms with van der Waals surface area (Å²) in [6, 6.07) is 6.00. The van der Waals surface area contributed by atoms with Crippen LogP contribution in [0, 0.1) is 11.8 Å². The molecule has 0 aliphatic carbocycles. The third-order valence-electron chi connectivity index (χ3n) is 4.39. The van der Waals surface area contributed by atoms with Crippen LogP contribution in [0.1, 0.15) is 33.3 Å². The van der Waals surface area contributed by atoms with E-state index in [9.17, 15) is 23.2 Å². The van der Waals surface area contributed by atoms with Crippen molar-refractivity contribution in [3.8, 4) is 5.75 Å². The van der Waals surface area contributed by atoms with Crippen molar-refractivity contribution < 1.29 is 18.3 Å². The fourth-order valence-electron chi connectivity index (χ4n) is 3.11. The van der Waals surface area contributed by atoms with Crippen molar-refractivity contribution in [2.75, 3.05) is 17.2 Å². The van der Waals surface area contributed by atoms with Gasteiger partial charge in [0.15, 0.2) is 5.69 Å². The number of nitrogens with one attached hydrogen (secondary N) is 1. The number of nitrogens with two attached hydrogens (primary N) is 1. The molecule has 8 nitrogen and oxygen atoms in total. The third kappa shape index (κ3) is 6.29. The molecule has 0 radical (unpaired) electrons. The van der Waals surface area contributed by atoms with Gasteiger partial charge in [0.2, 0.25) is 0 Å². The standard InChI is InChI=1S/C22H28F2N4O4/c1-13(2)11-27(18-19(25)28(12-14(3)4)22(31)26-20(18)30)17(29)10-9-15-7-5-6-8-16(15)32-21(23)24/h5-10,13-14,21H,11-12,25H2,1-4H3,(H,26,30,31)/b10-9+. The van der Waals surface area contributed by atoms with Gasteiger partial charge >= 0.3 is 12.3 Å². The number of H-pyrrole nitrogens is 1. The second-order valence-corrected chi connectivity index (χ2v) is 8.09. The van der Waals surface area contributed by atoms with Gasteiger partial charge in [-0.1, -0.05) is 45.9 Å². The summed E-state index contributed by atoms with van der Waals surface area (Å²) in [6.07, 6.45) is 2.47. The number of carbonyl (C=O) groups is 1. The lowest BCUT2D eigenvalue weighted by Gasteiger charge is -2.25. The van der Waals surface area contributed by atoms with Gasteiger partial charge in [0.1, 0.15) is 11.6 Å². The molecule has 0 aliphatic rings. The highest BCUT2D eigenvalue weighted by Gasteiger charge is 2.24. The lowest BCUT2D eigenvalue weighted by molar-refractivity contribution is -0.114. The predicted molar refractivity (Wildman–Crippen MR) is 120 cm³/mol. The minimum Gasteiger partial charge on any atom is -0.434 e. The van der Waals surface area contributed by atoms with Crippen LogP contribution in [0.2, 0.25) is 0 Å². The zero-order valence-corrected chi connectivity index (χ0v) is 18.5. The van der Waals surface area contributed by atoms with Gasteiger partial charge in [0.25, 0.3) is 11.5 Å². The van der Waals surface area contributed by atoms with Gasteiger partial charge in [0, 0.05) is 24.7 Å². The molecule has 174 valence electrons.